The average Bonchev–Trinajstić information content (AvgIpc) is 2.95. The number of thiazole rings is 1. The monoisotopic (exact) mass is 308 g/mol. The van der Waals surface area contributed by atoms with Gasteiger partial charge in [-0.15, -0.1) is 11.3 Å². The van der Waals surface area contributed by atoms with Crippen LogP contribution in [0, 0.1) is 5.82 Å². The van der Waals surface area contributed by atoms with Crippen LogP contribution >= 0.6 is 11.3 Å². The molecule has 1 atom stereocenters. The molecular weight excluding hydrogens is 291 g/mol. The maximum absolute atomic E-state index is 12.8. The van der Waals surface area contributed by atoms with Gasteiger partial charge in [0.25, 0.3) is 5.91 Å². The molecule has 1 aromatic carbocycles. The van der Waals surface area contributed by atoms with Crippen LogP contribution in [0.2, 0.25) is 0 Å². The van der Waals surface area contributed by atoms with Crippen molar-refractivity contribution in [3.8, 4) is 0 Å². The highest BCUT2D eigenvalue weighted by Crippen LogP contribution is 2.21. The van der Waals surface area contributed by atoms with Crippen LogP contribution in [0.25, 0.3) is 0 Å². The molecule has 0 radical (unpaired) electrons. The Labute approximate surface area is 126 Å². The Morgan fingerprint density at radius 3 is 2.62 bits per heavy atom. The molecule has 2 rings (SSSR count). The largest absolute Gasteiger partial charge is 0.387 e. The van der Waals surface area contributed by atoms with Gasteiger partial charge in [-0.25, -0.2) is 9.37 Å². The van der Waals surface area contributed by atoms with Gasteiger partial charge in [-0.2, -0.15) is 0 Å². The van der Waals surface area contributed by atoms with Gasteiger partial charge < -0.3 is 10.4 Å². The topological polar surface area (TPSA) is 62.2 Å². The van der Waals surface area contributed by atoms with E-state index in [2.05, 4.69) is 10.3 Å². The second-order valence-corrected chi connectivity index (χ2v) is 6.06. The molecule has 0 aliphatic carbocycles. The summed E-state index contributed by atoms with van der Waals surface area (Å²) in [7, 11) is 0. The first-order valence-electron chi connectivity index (χ1n) is 6.65. The van der Waals surface area contributed by atoms with Crippen molar-refractivity contribution in [1.29, 1.82) is 0 Å². The summed E-state index contributed by atoms with van der Waals surface area (Å²) in [6.45, 7) is 4.09. The SMILES string of the molecule is CC(C)c1ncc(C(=O)NCC(O)c2ccc(F)cc2)s1. The van der Waals surface area contributed by atoms with Gasteiger partial charge >= 0.3 is 0 Å². The molecule has 0 bridgehead atoms. The zero-order valence-corrected chi connectivity index (χ0v) is 12.7. The van der Waals surface area contributed by atoms with E-state index in [1.54, 1.807) is 6.20 Å². The number of aromatic nitrogens is 1. The number of hydrogen-bond donors (Lipinski definition) is 2. The van der Waals surface area contributed by atoms with Gasteiger partial charge in [0.2, 0.25) is 0 Å². The number of hydrogen-bond acceptors (Lipinski definition) is 4. The van der Waals surface area contributed by atoms with E-state index in [0.717, 1.165) is 5.01 Å². The predicted octanol–water partition coefficient (Wildman–Crippen LogP) is 2.87. The lowest BCUT2D eigenvalue weighted by molar-refractivity contribution is 0.0920. The zero-order chi connectivity index (χ0) is 15.4. The number of amides is 1. The van der Waals surface area contributed by atoms with Crippen molar-refractivity contribution in [2.24, 2.45) is 0 Å². The van der Waals surface area contributed by atoms with E-state index in [9.17, 15) is 14.3 Å². The van der Waals surface area contributed by atoms with E-state index in [1.807, 2.05) is 13.8 Å². The van der Waals surface area contributed by atoms with Crippen molar-refractivity contribution in [3.05, 3.63) is 51.7 Å². The molecule has 4 nitrogen and oxygen atoms in total. The molecule has 0 aliphatic heterocycles. The standard InChI is InChI=1S/C15H17FN2O2S/c1-9(2)15-18-8-13(21-15)14(20)17-7-12(19)10-3-5-11(16)6-4-10/h3-6,8-9,12,19H,7H2,1-2H3,(H,17,20). The molecule has 0 saturated carbocycles. The van der Waals surface area contributed by atoms with Crippen molar-refractivity contribution in [2.75, 3.05) is 6.54 Å². The predicted molar refractivity (Wildman–Crippen MR) is 79.9 cm³/mol. The summed E-state index contributed by atoms with van der Waals surface area (Å²) in [4.78, 5) is 16.7. The number of rotatable bonds is 5. The van der Waals surface area contributed by atoms with E-state index in [-0.39, 0.29) is 24.2 Å². The maximum Gasteiger partial charge on any atom is 0.263 e. The first kappa shape index (κ1) is 15.6. The van der Waals surface area contributed by atoms with Crippen LogP contribution in [0.3, 0.4) is 0 Å². The van der Waals surface area contributed by atoms with Crippen molar-refractivity contribution in [1.82, 2.24) is 10.3 Å². The van der Waals surface area contributed by atoms with Crippen LogP contribution in [0.4, 0.5) is 4.39 Å². The van der Waals surface area contributed by atoms with Crippen molar-refractivity contribution < 1.29 is 14.3 Å². The fourth-order valence-electron chi connectivity index (χ4n) is 1.74. The number of carbonyl (C=O) groups excluding carboxylic acids is 1. The van der Waals surface area contributed by atoms with E-state index < -0.39 is 6.10 Å². The fourth-order valence-corrected chi connectivity index (χ4v) is 2.58. The lowest BCUT2D eigenvalue weighted by Crippen LogP contribution is -2.27. The highest BCUT2D eigenvalue weighted by molar-refractivity contribution is 7.13. The normalized spacial score (nSPS) is 12.4. The van der Waals surface area contributed by atoms with Crippen LogP contribution in [0.5, 0.6) is 0 Å². The van der Waals surface area contributed by atoms with Crippen LogP contribution in [-0.4, -0.2) is 22.5 Å². The van der Waals surface area contributed by atoms with E-state index in [4.69, 9.17) is 0 Å². The lowest BCUT2D eigenvalue weighted by Gasteiger charge is -2.11. The minimum absolute atomic E-state index is 0.0688. The van der Waals surface area contributed by atoms with Crippen molar-refractivity contribution in [3.63, 3.8) is 0 Å². The van der Waals surface area contributed by atoms with E-state index in [0.29, 0.717) is 10.4 Å². The second-order valence-electron chi connectivity index (χ2n) is 4.99. The Hall–Kier alpha value is -1.79. The molecule has 0 spiro atoms. The Kier molecular flexibility index (Phi) is 5.03. The molecule has 1 heterocycles. The molecule has 1 aromatic heterocycles. The quantitative estimate of drug-likeness (QED) is 0.893. The second kappa shape index (κ2) is 6.78. The molecule has 0 fully saturated rings. The summed E-state index contributed by atoms with van der Waals surface area (Å²) < 4.78 is 12.8. The number of nitrogens with zero attached hydrogens (tertiary/aromatic N) is 1. The number of benzene rings is 1. The average molecular weight is 308 g/mol. The molecule has 0 aliphatic rings. The molecule has 6 heteroatoms. The van der Waals surface area contributed by atoms with Gasteiger partial charge in [0, 0.05) is 12.5 Å². The highest BCUT2D eigenvalue weighted by atomic mass is 32.1. The van der Waals surface area contributed by atoms with Crippen LogP contribution in [0.1, 0.15) is 46.1 Å². The summed E-state index contributed by atoms with van der Waals surface area (Å²) in [5.41, 5.74) is 0.559. The summed E-state index contributed by atoms with van der Waals surface area (Å²) in [6.07, 6.45) is 0.673. The van der Waals surface area contributed by atoms with Gasteiger partial charge in [0.15, 0.2) is 0 Å². The zero-order valence-electron chi connectivity index (χ0n) is 11.8. The minimum atomic E-state index is -0.868. The van der Waals surface area contributed by atoms with Gasteiger partial charge in [-0.3, -0.25) is 4.79 Å². The van der Waals surface area contributed by atoms with Crippen LogP contribution in [0.15, 0.2) is 30.5 Å². The maximum atomic E-state index is 12.8. The number of aliphatic hydroxyl groups is 1. The Bertz CT molecular complexity index is 610. The van der Waals surface area contributed by atoms with Crippen LogP contribution in [-0.2, 0) is 0 Å². The first-order chi connectivity index (χ1) is 9.97. The summed E-state index contributed by atoms with van der Waals surface area (Å²) in [5.74, 6) is -0.345. The first-order valence-corrected chi connectivity index (χ1v) is 7.46. The highest BCUT2D eigenvalue weighted by Gasteiger charge is 2.14. The summed E-state index contributed by atoms with van der Waals surface area (Å²) >= 11 is 1.34. The van der Waals surface area contributed by atoms with Gasteiger partial charge in [-0.05, 0) is 17.7 Å². The van der Waals surface area contributed by atoms with Crippen LogP contribution < -0.4 is 5.32 Å². The third-order valence-corrected chi connectivity index (χ3v) is 4.25. The Morgan fingerprint density at radius 2 is 2.05 bits per heavy atom. The number of halogens is 1. The summed E-state index contributed by atoms with van der Waals surface area (Å²) in [6, 6.07) is 5.54. The van der Waals surface area contributed by atoms with Gasteiger partial charge in [0.1, 0.15) is 10.7 Å². The molecule has 1 amide bonds. The molecule has 1 unspecified atom stereocenters. The molecule has 21 heavy (non-hydrogen) atoms. The van der Waals surface area contributed by atoms with E-state index >= 15 is 0 Å². The molecular formula is C15H17FN2O2S. The van der Waals surface area contributed by atoms with Gasteiger partial charge in [-0.1, -0.05) is 26.0 Å². The van der Waals surface area contributed by atoms with Crippen molar-refractivity contribution in [2.45, 2.75) is 25.9 Å². The Balaban J connectivity index is 1.92. The van der Waals surface area contributed by atoms with Crippen molar-refractivity contribution >= 4 is 17.2 Å². The molecule has 2 N–H and O–H groups in total. The Morgan fingerprint density at radius 1 is 1.38 bits per heavy atom. The molecule has 112 valence electrons. The third kappa shape index (κ3) is 4.09. The fraction of sp³-hybridized carbons (Fsp3) is 0.333. The number of carbonyl (C=O) groups is 1. The third-order valence-electron chi connectivity index (χ3n) is 2.95. The molecule has 0 saturated heterocycles. The lowest BCUT2D eigenvalue weighted by atomic mass is 10.1. The molecule has 2 aromatic rings. The number of nitrogens with one attached hydrogen (secondary N) is 1. The minimum Gasteiger partial charge on any atom is -0.387 e. The number of aliphatic hydroxyl groups excluding tert-OH is 1. The van der Waals surface area contributed by atoms with Gasteiger partial charge in [0.05, 0.1) is 17.3 Å². The smallest absolute Gasteiger partial charge is 0.263 e. The van der Waals surface area contributed by atoms with E-state index in [1.165, 1.54) is 35.6 Å². The summed E-state index contributed by atoms with van der Waals surface area (Å²) in [5, 5.41) is 13.5.